The second-order valence-corrected chi connectivity index (χ2v) is 37.2. The first-order valence-corrected chi connectivity index (χ1v) is 43.7. The lowest BCUT2D eigenvalue weighted by Gasteiger charge is -2.29. The first-order chi connectivity index (χ1) is 52.4. The van der Waals surface area contributed by atoms with Gasteiger partial charge in [0.1, 0.15) is 23.0 Å². The number of alkyl halides is 3. The maximum atomic E-state index is 18.8. The molecule has 6 aliphatic rings. The number of halogens is 3. The Morgan fingerprint density at radius 1 is 0.343 bits per heavy atom. The van der Waals surface area contributed by atoms with Crippen molar-refractivity contribution in [3.05, 3.63) is 239 Å². The molecule has 0 bridgehead atoms. The van der Waals surface area contributed by atoms with Gasteiger partial charge in [0.25, 0.3) is 0 Å². The van der Waals surface area contributed by atoms with Crippen LogP contribution in [0, 0.1) is 27.7 Å². The Balaban J connectivity index is 1.03. The van der Waals surface area contributed by atoms with Gasteiger partial charge in [-0.15, -0.1) is 4.49 Å². The van der Waals surface area contributed by atoms with Crippen molar-refractivity contribution in [1.29, 1.82) is 0 Å². The van der Waals surface area contributed by atoms with Crippen LogP contribution < -0.4 is 22.6 Å². The average Bonchev–Trinajstić information content (AvgIpc) is 1.48. The van der Waals surface area contributed by atoms with E-state index in [0.29, 0.717) is 55.3 Å². The average molecular weight is 1500 g/mol. The largest absolute Gasteiger partial charge is 0.568 e. The van der Waals surface area contributed by atoms with E-state index in [4.69, 9.17) is 22.6 Å². The molecule has 4 aliphatic carbocycles. The van der Waals surface area contributed by atoms with Gasteiger partial charge in [0, 0.05) is 44.5 Å². The summed E-state index contributed by atoms with van der Waals surface area (Å²) >= 11 is 0. The molecule has 18 rings (SSSR count). The van der Waals surface area contributed by atoms with Gasteiger partial charge in [-0.05, 0) is 215 Å². The fraction of sp³-hybridized carbons (Fsp3) is 0.312. The van der Waals surface area contributed by atoms with E-state index in [-0.39, 0.29) is 46.7 Å². The van der Waals surface area contributed by atoms with Gasteiger partial charge in [0.05, 0.1) is 0 Å². The first-order valence-electron chi connectivity index (χ1n) is 39.2. The van der Waals surface area contributed by atoms with E-state index in [1.165, 1.54) is 0 Å². The van der Waals surface area contributed by atoms with E-state index in [9.17, 15) is 0 Å². The Morgan fingerprint density at radius 3 is 0.852 bits per heavy atom. The van der Waals surface area contributed by atoms with Gasteiger partial charge < -0.3 is 18.1 Å². The molecule has 0 spiro atoms. The molecule has 0 amide bonds. The lowest BCUT2D eigenvalue weighted by molar-refractivity contribution is -0.0442. The van der Waals surface area contributed by atoms with Crippen LogP contribution in [0.25, 0.3) is 110 Å². The molecule has 0 radical (unpaired) electrons. The van der Waals surface area contributed by atoms with Crippen LogP contribution in [-0.4, -0.2) is 13.9 Å². The molecular weight excluding hydrogens is 1410 g/mol. The number of sulfonamides is 1. The number of rotatable bonds is 11. The SMILES string of the molecule is Cc1ccc(C2CCCCC2)c(-c2cc3ccccc3c3c2OP(=O)(N=P2(NS(=O)(=O)C(F)(F)F)Oc4c(-c5cc(C)ccc5C5CCCCC5)cc5ccccc5c4-c4c(c(-c5cc(C)ccc5C5CCCCC5)cc5ccccc45)O2)Oc2c(-c4cc(C)ccc4C4CCCCC4)cc4ccccc4c2-3)c1. The fourth-order valence-corrected chi connectivity index (χ4v) is 25.1. The maximum Gasteiger partial charge on any atom is 0.568 e. The van der Waals surface area contributed by atoms with E-state index in [1.54, 1.807) is 0 Å². The molecule has 0 atom stereocenters. The number of hydrogen-bond donors (Lipinski definition) is 1. The summed E-state index contributed by atoms with van der Waals surface area (Å²) in [5, 5.41) is 5.99. The van der Waals surface area contributed by atoms with E-state index in [0.717, 1.165) is 227 Å². The summed E-state index contributed by atoms with van der Waals surface area (Å²) < 4.78 is 138. The number of nitrogens with zero attached hydrogens (tertiary/aromatic N) is 1. The van der Waals surface area contributed by atoms with Crippen LogP contribution in [0.15, 0.2) is 199 Å². The van der Waals surface area contributed by atoms with Gasteiger partial charge in [-0.3, -0.25) is 0 Å². The summed E-state index contributed by atoms with van der Waals surface area (Å²) in [5.74, 6) is 0.635. The van der Waals surface area contributed by atoms with Crippen LogP contribution in [0.5, 0.6) is 23.0 Å². The second-order valence-electron chi connectivity index (χ2n) is 31.6. The van der Waals surface area contributed by atoms with Crippen LogP contribution in [0.4, 0.5) is 13.2 Å². The van der Waals surface area contributed by atoms with Gasteiger partial charge in [-0.25, -0.2) is 13.0 Å². The van der Waals surface area contributed by atoms with Crippen LogP contribution in [0.2, 0.25) is 0 Å². The van der Waals surface area contributed by atoms with Crippen LogP contribution >= 0.6 is 15.4 Å². The summed E-state index contributed by atoms with van der Waals surface area (Å²) in [6, 6.07) is 65.7. The molecule has 2 heterocycles. The molecule has 4 saturated carbocycles. The number of benzene rings is 12. The number of hydrogen-bond acceptors (Lipinski definition) is 7. The van der Waals surface area contributed by atoms with Crippen molar-refractivity contribution in [2.45, 2.75) is 185 Å². The predicted molar refractivity (Wildman–Crippen MR) is 435 cm³/mol. The standard InChI is InChI=1S/C93H89F3N2O7P2S/c1-57-41-45-69(61-25-9-5-10-26-61)77(49-57)81-53-65-33-17-21-37-73(65)85-86-74-38-22-18-34-66(74)54-82(78-50-58(2)42-46-70(78)62-27-11-6-12-28-62)90(86)103-106(102-89(81)85,98-108(100,101)93(94,95)96)97-107(99)104-91-83(79-51-59(3)43-47-71(79)63-29-13-7-14-30-63)55-67-35-19-23-39-75(67)87(91)88-76-40-24-20-36-68(76)56-84(92(88)105-107)80-52-60(4)44-48-72(80)64-31-15-8-16-32-64/h17-24,33-56,61-64,98H,5-16,25-32H2,1-4H3. The minimum atomic E-state index is -6.67. The van der Waals surface area contributed by atoms with E-state index in [2.05, 4.69) is 115 Å². The van der Waals surface area contributed by atoms with Crippen molar-refractivity contribution in [1.82, 2.24) is 4.49 Å². The third-order valence-electron chi connectivity index (χ3n) is 24.3. The predicted octanol–water partition coefficient (Wildman–Crippen LogP) is 28.5. The van der Waals surface area contributed by atoms with Crippen molar-refractivity contribution < 1.29 is 44.2 Å². The highest BCUT2D eigenvalue weighted by molar-refractivity contribution is 7.96. The van der Waals surface area contributed by atoms with E-state index >= 15 is 26.2 Å². The minimum absolute atomic E-state index is 0.00882. The van der Waals surface area contributed by atoms with Gasteiger partial charge in [-0.2, -0.15) is 13.2 Å². The first kappa shape index (κ1) is 70.7. The summed E-state index contributed by atoms with van der Waals surface area (Å²) in [4.78, 5) is 0. The molecule has 12 aromatic carbocycles. The van der Waals surface area contributed by atoms with E-state index in [1.807, 2.05) is 111 Å². The van der Waals surface area contributed by atoms with Crippen LogP contribution in [0.3, 0.4) is 0 Å². The molecular formula is C93H89F3N2O7P2S. The zero-order chi connectivity index (χ0) is 73.8. The topological polar surface area (TPSA) is 113 Å². The molecule has 9 nitrogen and oxygen atoms in total. The molecule has 12 aromatic rings. The van der Waals surface area contributed by atoms with Crippen molar-refractivity contribution in [3.63, 3.8) is 0 Å². The molecule has 2 aliphatic heterocycles. The minimum Gasteiger partial charge on any atom is -0.417 e. The molecule has 550 valence electrons. The fourth-order valence-electron chi connectivity index (χ4n) is 19.2. The van der Waals surface area contributed by atoms with Gasteiger partial charge in [0.15, 0.2) is 0 Å². The summed E-state index contributed by atoms with van der Waals surface area (Å²) in [6.07, 6.45) is 19.9. The lowest BCUT2D eigenvalue weighted by Crippen LogP contribution is -2.36. The van der Waals surface area contributed by atoms with Gasteiger partial charge >= 0.3 is 30.9 Å². The smallest absolute Gasteiger partial charge is 0.417 e. The highest BCUT2D eigenvalue weighted by atomic mass is 32.2. The number of nitrogens with one attached hydrogen (secondary N) is 1. The Hall–Kier alpha value is -8.96. The van der Waals surface area contributed by atoms with Crippen molar-refractivity contribution in [2.24, 2.45) is 4.52 Å². The summed E-state index contributed by atoms with van der Waals surface area (Å²) in [6.45, 7) is 8.14. The Labute approximate surface area is 631 Å². The normalized spacial score (nSPS) is 17.8. The molecule has 0 saturated heterocycles. The second kappa shape index (κ2) is 28.2. The Bertz CT molecular complexity index is 5540. The Morgan fingerprint density at radius 2 is 0.593 bits per heavy atom. The molecule has 4 fully saturated rings. The summed E-state index contributed by atoms with van der Waals surface area (Å²) in [7, 11) is -18.4. The quantitative estimate of drug-likeness (QED) is 0.128. The van der Waals surface area contributed by atoms with Crippen LogP contribution in [0.1, 0.15) is 197 Å². The zero-order valence-corrected chi connectivity index (χ0v) is 64.3. The third kappa shape index (κ3) is 12.8. The summed E-state index contributed by atoms with van der Waals surface area (Å²) in [5.41, 5.74) is 9.06. The van der Waals surface area contributed by atoms with Gasteiger partial charge in [-0.1, -0.05) is 274 Å². The third-order valence-corrected chi connectivity index (χ3v) is 30.3. The highest BCUT2D eigenvalue weighted by Crippen LogP contribution is 2.72. The zero-order valence-electron chi connectivity index (χ0n) is 61.7. The lowest BCUT2D eigenvalue weighted by atomic mass is 9.78. The molecule has 108 heavy (non-hydrogen) atoms. The van der Waals surface area contributed by atoms with Crippen LogP contribution in [-0.2, 0) is 14.6 Å². The number of aryl methyl sites for hydroxylation is 4. The van der Waals surface area contributed by atoms with Crippen molar-refractivity contribution in [3.8, 4) is 89.8 Å². The molecule has 0 aromatic heterocycles. The monoisotopic (exact) mass is 1500 g/mol. The van der Waals surface area contributed by atoms with Crippen molar-refractivity contribution >= 4 is 68.5 Å². The molecule has 15 heteroatoms. The molecule has 0 unspecified atom stereocenters. The number of fused-ring (bicyclic) bond motifs is 14. The van der Waals surface area contributed by atoms with Crippen molar-refractivity contribution in [2.75, 3.05) is 0 Å². The molecule has 1 N–H and O–H groups in total. The Kier molecular flexibility index (Phi) is 18.4. The van der Waals surface area contributed by atoms with Gasteiger partial charge in [0.2, 0.25) is 0 Å². The highest BCUT2D eigenvalue weighted by Gasteiger charge is 2.55. The maximum absolute atomic E-state index is 18.8. The van der Waals surface area contributed by atoms with E-state index < -0.39 is 30.9 Å².